The van der Waals surface area contributed by atoms with Gasteiger partial charge in [-0.3, -0.25) is 14.5 Å². The fourth-order valence-electron chi connectivity index (χ4n) is 4.56. The number of carbonyl (C=O) groups excluding carboxylic acids is 1. The third-order valence-electron chi connectivity index (χ3n) is 6.50. The van der Waals surface area contributed by atoms with Gasteiger partial charge < -0.3 is 15.4 Å². The fourth-order valence-corrected chi connectivity index (χ4v) is 4.56. The Labute approximate surface area is 211 Å². The second-order valence-corrected chi connectivity index (χ2v) is 9.43. The van der Waals surface area contributed by atoms with E-state index in [1.54, 1.807) is 12.4 Å². The molecule has 0 saturated carbocycles. The summed E-state index contributed by atoms with van der Waals surface area (Å²) in [5, 5.41) is 11.1. The normalized spacial score (nSPS) is 15.0. The molecule has 2 aromatic heterocycles. The quantitative estimate of drug-likeness (QED) is 0.383. The van der Waals surface area contributed by atoms with E-state index in [1.807, 2.05) is 48.1 Å². The van der Waals surface area contributed by atoms with Crippen LogP contribution >= 0.6 is 0 Å². The van der Waals surface area contributed by atoms with Crippen molar-refractivity contribution in [2.75, 3.05) is 13.6 Å². The smallest absolute Gasteiger partial charge is 0.270 e. The first kappa shape index (κ1) is 23.8. The van der Waals surface area contributed by atoms with Crippen LogP contribution in [-0.4, -0.2) is 40.3 Å². The number of nitrogens with one attached hydrogen (secondary N) is 2. The van der Waals surface area contributed by atoms with Gasteiger partial charge in [-0.2, -0.15) is 5.10 Å². The molecule has 0 bridgehead atoms. The molecule has 1 amide bonds. The first-order chi connectivity index (χ1) is 17.5. The maximum absolute atomic E-state index is 13.2. The molecule has 7 nitrogen and oxygen atoms in total. The molecule has 184 valence electrons. The van der Waals surface area contributed by atoms with Crippen molar-refractivity contribution in [1.29, 1.82) is 0 Å². The minimum Gasteiger partial charge on any atom is -0.489 e. The van der Waals surface area contributed by atoms with E-state index < -0.39 is 0 Å². The summed E-state index contributed by atoms with van der Waals surface area (Å²) in [5.41, 5.74) is 6.45. The van der Waals surface area contributed by atoms with Crippen LogP contribution in [-0.2, 0) is 13.2 Å². The molecule has 2 aromatic carbocycles. The van der Waals surface area contributed by atoms with Gasteiger partial charge in [0.05, 0.1) is 12.6 Å². The zero-order valence-corrected chi connectivity index (χ0v) is 20.9. The van der Waals surface area contributed by atoms with E-state index in [0.717, 1.165) is 33.7 Å². The number of carbonyl (C=O) groups is 1. The third kappa shape index (κ3) is 4.88. The van der Waals surface area contributed by atoms with E-state index in [-0.39, 0.29) is 11.9 Å². The monoisotopic (exact) mass is 481 g/mol. The molecule has 0 aliphatic carbocycles. The van der Waals surface area contributed by atoms with Crippen molar-refractivity contribution in [2.45, 2.75) is 39.0 Å². The summed E-state index contributed by atoms with van der Waals surface area (Å²) in [5.74, 6) is 1.17. The number of nitrogens with zero attached hydrogens (tertiary/aromatic N) is 3. The maximum Gasteiger partial charge on any atom is 0.270 e. The second kappa shape index (κ2) is 10.3. The van der Waals surface area contributed by atoms with Crippen molar-refractivity contribution in [3.63, 3.8) is 0 Å². The van der Waals surface area contributed by atoms with Crippen LogP contribution < -0.4 is 15.4 Å². The average Bonchev–Trinajstić information content (AvgIpc) is 3.29. The van der Waals surface area contributed by atoms with Gasteiger partial charge in [0.15, 0.2) is 0 Å². The summed E-state index contributed by atoms with van der Waals surface area (Å²) < 4.78 is 7.87. The first-order valence-electron chi connectivity index (χ1n) is 12.3. The molecule has 2 N–H and O–H groups in total. The number of fused-ring (bicyclic) bond motifs is 1. The molecule has 5 rings (SSSR count). The van der Waals surface area contributed by atoms with Crippen molar-refractivity contribution in [3.05, 3.63) is 89.9 Å². The molecular weight excluding hydrogens is 450 g/mol. The molecule has 7 heteroatoms. The van der Waals surface area contributed by atoms with Crippen LogP contribution in [0.2, 0.25) is 0 Å². The van der Waals surface area contributed by atoms with Gasteiger partial charge >= 0.3 is 0 Å². The van der Waals surface area contributed by atoms with Gasteiger partial charge in [0.25, 0.3) is 5.91 Å². The molecule has 0 saturated heterocycles. The standard InChI is InChI=1S/C29H31N5O2/c1-19(2)21-6-4-20(5-7-21)18-36-25-10-8-22(9-11-25)26-27(23-12-14-31-15-13-23)33-34-17-24(16-30-3)32-29(35)28(26)34/h4-15,19,24,30H,16-18H2,1-3H3,(H,32,35). The SMILES string of the molecule is CNCC1Cn2nc(-c3ccncc3)c(-c3ccc(OCc4ccc(C(C)C)cc4)cc3)c2C(=O)N1. The summed E-state index contributed by atoms with van der Waals surface area (Å²) in [6.07, 6.45) is 3.48. The molecule has 4 aromatic rings. The largest absolute Gasteiger partial charge is 0.489 e. The first-order valence-corrected chi connectivity index (χ1v) is 12.3. The molecule has 1 aliphatic heterocycles. The zero-order chi connectivity index (χ0) is 25.1. The van der Waals surface area contributed by atoms with E-state index in [0.29, 0.717) is 31.3 Å². The fraction of sp³-hybridized carbons (Fsp3) is 0.276. The molecule has 0 spiro atoms. The van der Waals surface area contributed by atoms with Crippen LogP contribution in [0.1, 0.15) is 41.4 Å². The highest BCUT2D eigenvalue weighted by atomic mass is 16.5. The molecule has 1 atom stereocenters. The maximum atomic E-state index is 13.2. The van der Waals surface area contributed by atoms with Crippen molar-refractivity contribution in [3.8, 4) is 28.1 Å². The highest BCUT2D eigenvalue weighted by Crippen LogP contribution is 2.36. The Morgan fingerprint density at radius 1 is 1.03 bits per heavy atom. The van der Waals surface area contributed by atoms with E-state index in [9.17, 15) is 4.79 Å². The number of ether oxygens (including phenoxy) is 1. The van der Waals surface area contributed by atoms with Gasteiger partial charge in [-0.25, -0.2) is 0 Å². The van der Waals surface area contributed by atoms with Crippen LogP contribution in [0.15, 0.2) is 73.1 Å². The Balaban J connectivity index is 1.43. The summed E-state index contributed by atoms with van der Waals surface area (Å²) in [4.78, 5) is 17.3. The summed E-state index contributed by atoms with van der Waals surface area (Å²) in [7, 11) is 1.88. The van der Waals surface area contributed by atoms with Crippen LogP contribution in [0, 0.1) is 0 Å². The van der Waals surface area contributed by atoms with Gasteiger partial charge in [0.1, 0.15) is 23.7 Å². The topological polar surface area (TPSA) is 81.1 Å². The molecule has 1 unspecified atom stereocenters. The molecule has 1 aliphatic rings. The van der Waals surface area contributed by atoms with Crippen molar-refractivity contribution in [2.24, 2.45) is 0 Å². The average molecular weight is 482 g/mol. The molecular formula is C29H31N5O2. The molecule has 36 heavy (non-hydrogen) atoms. The van der Waals surface area contributed by atoms with Crippen LogP contribution in [0.4, 0.5) is 0 Å². The second-order valence-electron chi connectivity index (χ2n) is 9.43. The number of hydrogen-bond acceptors (Lipinski definition) is 5. The lowest BCUT2D eigenvalue weighted by atomic mass is 9.98. The van der Waals surface area contributed by atoms with Gasteiger partial charge in [0.2, 0.25) is 0 Å². The Bertz CT molecular complexity index is 1330. The predicted octanol–water partition coefficient (Wildman–Crippen LogP) is 4.65. The van der Waals surface area contributed by atoms with Crippen LogP contribution in [0.3, 0.4) is 0 Å². The van der Waals surface area contributed by atoms with Gasteiger partial charge in [-0.15, -0.1) is 0 Å². The van der Waals surface area contributed by atoms with Crippen LogP contribution in [0.5, 0.6) is 5.75 Å². The van der Waals surface area contributed by atoms with E-state index in [4.69, 9.17) is 9.84 Å². The number of amides is 1. The van der Waals surface area contributed by atoms with Gasteiger partial charge in [-0.1, -0.05) is 50.2 Å². The minimum atomic E-state index is -0.116. The van der Waals surface area contributed by atoms with Gasteiger partial charge in [-0.05, 0) is 53.9 Å². The summed E-state index contributed by atoms with van der Waals surface area (Å²) >= 11 is 0. The number of benzene rings is 2. The lowest BCUT2D eigenvalue weighted by Gasteiger charge is -2.25. The number of aromatic nitrogens is 3. The Hall–Kier alpha value is -3.97. The minimum absolute atomic E-state index is 0.0154. The van der Waals surface area contributed by atoms with E-state index in [1.165, 1.54) is 5.56 Å². The Kier molecular flexibility index (Phi) is 6.82. The highest BCUT2D eigenvalue weighted by Gasteiger charge is 2.31. The lowest BCUT2D eigenvalue weighted by Crippen LogP contribution is -2.49. The zero-order valence-electron chi connectivity index (χ0n) is 20.9. The Morgan fingerprint density at radius 2 is 1.75 bits per heavy atom. The van der Waals surface area contributed by atoms with Crippen molar-refractivity contribution in [1.82, 2.24) is 25.4 Å². The summed E-state index contributed by atoms with van der Waals surface area (Å²) in [6.45, 7) is 6.16. The van der Waals surface area contributed by atoms with Crippen LogP contribution in [0.25, 0.3) is 22.4 Å². The molecule has 3 heterocycles. The van der Waals surface area contributed by atoms with Crippen molar-refractivity contribution >= 4 is 5.91 Å². The number of pyridine rings is 1. The van der Waals surface area contributed by atoms with Gasteiger partial charge in [0, 0.05) is 30.1 Å². The lowest BCUT2D eigenvalue weighted by molar-refractivity contribution is 0.0897. The highest BCUT2D eigenvalue weighted by molar-refractivity contribution is 6.03. The number of likely N-dealkylation sites (N-methyl/N-ethyl adjacent to an activating group) is 1. The predicted molar refractivity (Wildman–Crippen MR) is 141 cm³/mol. The van der Waals surface area contributed by atoms with Crippen molar-refractivity contribution < 1.29 is 9.53 Å². The molecule has 0 radical (unpaired) electrons. The van der Waals surface area contributed by atoms with E-state index >= 15 is 0 Å². The third-order valence-corrected chi connectivity index (χ3v) is 6.50. The van der Waals surface area contributed by atoms with E-state index in [2.05, 4.69) is 53.7 Å². The number of rotatable bonds is 8. The molecule has 0 fully saturated rings. The Morgan fingerprint density at radius 3 is 2.42 bits per heavy atom. The summed E-state index contributed by atoms with van der Waals surface area (Å²) in [6, 6.07) is 20.2. The number of hydrogen-bond donors (Lipinski definition) is 2.